The van der Waals surface area contributed by atoms with Crippen molar-refractivity contribution >= 4 is 11.3 Å². The fraction of sp³-hybridized carbons (Fsp3) is 0.556. The highest BCUT2D eigenvalue weighted by Crippen LogP contribution is 2.49. The molecule has 118 valence electrons. The number of aromatic nitrogens is 2. The molecule has 0 aliphatic heterocycles. The van der Waals surface area contributed by atoms with Crippen LogP contribution in [0.15, 0.2) is 24.5 Å². The highest BCUT2D eigenvalue weighted by atomic mass is 32.1. The number of nitrogens with zero attached hydrogens (tertiary/aromatic N) is 2. The Balaban J connectivity index is 2.13. The van der Waals surface area contributed by atoms with Crippen LogP contribution in [-0.4, -0.2) is 15.1 Å². The van der Waals surface area contributed by atoms with Crippen LogP contribution in [0.1, 0.15) is 68.6 Å². The summed E-state index contributed by atoms with van der Waals surface area (Å²) in [5.41, 5.74) is 1.06. The topological polar surface area (TPSA) is 46.0 Å². The van der Waals surface area contributed by atoms with Gasteiger partial charge in [0.25, 0.3) is 0 Å². The van der Waals surface area contributed by atoms with Crippen LogP contribution in [0.2, 0.25) is 0 Å². The van der Waals surface area contributed by atoms with Gasteiger partial charge in [0.1, 0.15) is 10.6 Å². The van der Waals surface area contributed by atoms with Gasteiger partial charge in [-0.15, -0.1) is 11.3 Å². The first-order valence-corrected chi connectivity index (χ1v) is 8.61. The van der Waals surface area contributed by atoms with Crippen LogP contribution in [0, 0.1) is 0 Å². The molecule has 0 bridgehead atoms. The second-order valence-corrected chi connectivity index (χ2v) is 8.78. The SMILES string of the molecule is CC1(C)CCC(C)(C)c2sc(C(C)(O)c3cccnc3)nc21. The van der Waals surface area contributed by atoms with Crippen LogP contribution >= 0.6 is 11.3 Å². The van der Waals surface area contributed by atoms with Gasteiger partial charge in [0.05, 0.1) is 5.69 Å². The minimum Gasteiger partial charge on any atom is -0.378 e. The summed E-state index contributed by atoms with van der Waals surface area (Å²) < 4.78 is 0. The molecule has 22 heavy (non-hydrogen) atoms. The van der Waals surface area contributed by atoms with Gasteiger partial charge in [-0.1, -0.05) is 33.8 Å². The van der Waals surface area contributed by atoms with Gasteiger partial charge in [-0.3, -0.25) is 4.98 Å². The van der Waals surface area contributed by atoms with Crippen molar-refractivity contribution in [3.05, 3.63) is 45.7 Å². The number of pyridine rings is 1. The Morgan fingerprint density at radius 1 is 1.18 bits per heavy atom. The molecule has 3 nitrogen and oxygen atoms in total. The van der Waals surface area contributed by atoms with Gasteiger partial charge in [0.15, 0.2) is 0 Å². The maximum absolute atomic E-state index is 11.1. The molecule has 2 aromatic rings. The van der Waals surface area contributed by atoms with Crippen LogP contribution < -0.4 is 0 Å². The molecule has 4 heteroatoms. The fourth-order valence-electron chi connectivity index (χ4n) is 3.08. The second kappa shape index (κ2) is 4.87. The zero-order valence-electron chi connectivity index (χ0n) is 14.0. The molecule has 0 fully saturated rings. The van der Waals surface area contributed by atoms with E-state index in [0.29, 0.717) is 0 Å². The Kier molecular flexibility index (Phi) is 3.46. The lowest BCUT2D eigenvalue weighted by atomic mass is 9.69. The van der Waals surface area contributed by atoms with Crippen molar-refractivity contribution in [3.8, 4) is 0 Å². The summed E-state index contributed by atoms with van der Waals surface area (Å²) in [6.45, 7) is 10.9. The van der Waals surface area contributed by atoms with E-state index in [1.807, 2.05) is 19.1 Å². The molecule has 2 aromatic heterocycles. The van der Waals surface area contributed by atoms with Crippen molar-refractivity contribution in [1.29, 1.82) is 0 Å². The summed E-state index contributed by atoms with van der Waals surface area (Å²) in [5, 5.41) is 11.8. The van der Waals surface area contributed by atoms with Crippen molar-refractivity contribution in [1.82, 2.24) is 9.97 Å². The molecule has 1 aliphatic rings. The smallest absolute Gasteiger partial charge is 0.140 e. The summed E-state index contributed by atoms with van der Waals surface area (Å²) in [6, 6.07) is 3.76. The molecule has 0 saturated heterocycles. The standard InChI is InChI=1S/C18H24N2OS/c1-16(2)8-9-17(3,4)14-13(16)20-15(22-14)18(5,21)12-7-6-10-19-11-12/h6-7,10-11,21H,8-9H2,1-5H3. The average molecular weight is 316 g/mol. The Bertz CT molecular complexity index is 653. The molecular weight excluding hydrogens is 292 g/mol. The van der Waals surface area contributed by atoms with Crippen molar-refractivity contribution < 1.29 is 5.11 Å². The number of hydrogen-bond donors (Lipinski definition) is 1. The van der Waals surface area contributed by atoms with Gasteiger partial charge in [0, 0.05) is 33.7 Å². The van der Waals surface area contributed by atoms with Gasteiger partial charge in [-0.2, -0.15) is 0 Å². The van der Waals surface area contributed by atoms with Crippen LogP contribution in [0.25, 0.3) is 0 Å². The normalized spacial score (nSPS) is 21.9. The summed E-state index contributed by atoms with van der Waals surface area (Å²) in [4.78, 5) is 10.3. The van der Waals surface area contributed by atoms with Gasteiger partial charge in [-0.05, 0) is 25.8 Å². The molecule has 1 atom stereocenters. The van der Waals surface area contributed by atoms with Gasteiger partial charge in [0.2, 0.25) is 0 Å². The monoisotopic (exact) mass is 316 g/mol. The molecule has 0 radical (unpaired) electrons. The van der Waals surface area contributed by atoms with E-state index in [9.17, 15) is 5.11 Å². The second-order valence-electron chi connectivity index (χ2n) is 7.78. The fourth-order valence-corrected chi connectivity index (χ4v) is 4.52. The zero-order valence-corrected chi connectivity index (χ0v) is 14.8. The van der Waals surface area contributed by atoms with Crippen LogP contribution in [0.4, 0.5) is 0 Å². The minimum atomic E-state index is -1.09. The quantitative estimate of drug-likeness (QED) is 0.905. The number of thiazole rings is 1. The molecule has 1 aliphatic carbocycles. The Labute approximate surface area is 136 Å². The van der Waals surface area contributed by atoms with Crippen molar-refractivity contribution in [2.75, 3.05) is 0 Å². The summed E-state index contributed by atoms with van der Waals surface area (Å²) in [6.07, 6.45) is 5.73. The highest BCUT2D eigenvalue weighted by molar-refractivity contribution is 7.12. The molecule has 0 aromatic carbocycles. The molecule has 1 N–H and O–H groups in total. The van der Waals surface area contributed by atoms with E-state index in [0.717, 1.165) is 29.1 Å². The molecule has 2 heterocycles. The summed E-state index contributed by atoms with van der Waals surface area (Å²) >= 11 is 1.66. The Hall–Kier alpha value is -1.26. The Morgan fingerprint density at radius 3 is 2.45 bits per heavy atom. The molecular formula is C18H24N2OS. The van der Waals surface area contributed by atoms with Crippen molar-refractivity contribution in [3.63, 3.8) is 0 Å². The first-order valence-electron chi connectivity index (χ1n) is 7.80. The summed E-state index contributed by atoms with van der Waals surface area (Å²) in [5.74, 6) is 0. The first kappa shape index (κ1) is 15.6. The van der Waals surface area contributed by atoms with Crippen molar-refractivity contribution in [2.24, 2.45) is 0 Å². The third-order valence-electron chi connectivity index (χ3n) is 4.90. The number of aliphatic hydroxyl groups is 1. The van der Waals surface area contributed by atoms with E-state index < -0.39 is 5.60 Å². The molecule has 3 rings (SSSR count). The van der Waals surface area contributed by atoms with E-state index >= 15 is 0 Å². The van der Waals surface area contributed by atoms with E-state index in [4.69, 9.17) is 4.98 Å². The lowest BCUT2D eigenvalue weighted by molar-refractivity contribution is 0.101. The lowest BCUT2D eigenvalue weighted by Gasteiger charge is -2.37. The van der Waals surface area contributed by atoms with Gasteiger partial charge in [-0.25, -0.2) is 4.98 Å². The summed E-state index contributed by atoms with van der Waals surface area (Å²) in [7, 11) is 0. The molecule has 0 amide bonds. The van der Waals surface area contributed by atoms with Crippen LogP contribution in [-0.2, 0) is 16.4 Å². The molecule has 0 spiro atoms. The van der Waals surface area contributed by atoms with Crippen LogP contribution in [0.5, 0.6) is 0 Å². The first-order chi connectivity index (χ1) is 10.1. The van der Waals surface area contributed by atoms with E-state index in [1.54, 1.807) is 23.7 Å². The third-order valence-corrected chi connectivity index (χ3v) is 6.53. The van der Waals surface area contributed by atoms with Gasteiger partial charge < -0.3 is 5.11 Å². The highest BCUT2D eigenvalue weighted by Gasteiger charge is 2.42. The van der Waals surface area contributed by atoms with E-state index in [1.165, 1.54) is 4.88 Å². The number of fused-ring (bicyclic) bond motifs is 1. The predicted octanol–water partition coefficient (Wildman–Crippen LogP) is 4.14. The average Bonchev–Trinajstić information content (AvgIpc) is 2.93. The maximum Gasteiger partial charge on any atom is 0.140 e. The van der Waals surface area contributed by atoms with E-state index in [2.05, 4.69) is 32.7 Å². The number of hydrogen-bond acceptors (Lipinski definition) is 4. The molecule has 0 saturated carbocycles. The van der Waals surface area contributed by atoms with Crippen LogP contribution in [0.3, 0.4) is 0 Å². The maximum atomic E-state index is 11.1. The minimum absolute atomic E-state index is 0.0740. The molecule has 1 unspecified atom stereocenters. The number of rotatable bonds is 2. The third kappa shape index (κ3) is 2.38. The lowest BCUT2D eigenvalue weighted by Crippen LogP contribution is -2.32. The largest absolute Gasteiger partial charge is 0.378 e. The van der Waals surface area contributed by atoms with E-state index in [-0.39, 0.29) is 10.8 Å². The van der Waals surface area contributed by atoms with Gasteiger partial charge >= 0.3 is 0 Å². The predicted molar refractivity (Wildman–Crippen MR) is 90.3 cm³/mol. The Morgan fingerprint density at radius 2 is 1.86 bits per heavy atom. The zero-order chi connectivity index (χ0) is 16.2. The van der Waals surface area contributed by atoms with Crippen molar-refractivity contribution in [2.45, 2.75) is 63.9 Å².